The number of amides is 1. The van der Waals surface area contributed by atoms with E-state index < -0.39 is 11.7 Å². The number of carbonyl (C=O) groups excluding carboxylic acids is 2. The fourth-order valence-corrected chi connectivity index (χ4v) is 4.56. The van der Waals surface area contributed by atoms with Crippen molar-refractivity contribution in [2.75, 3.05) is 21.3 Å². The molecule has 0 saturated heterocycles. The lowest BCUT2D eigenvalue weighted by molar-refractivity contribution is -0.122. The van der Waals surface area contributed by atoms with Gasteiger partial charge in [-0.25, -0.2) is 4.39 Å². The first-order chi connectivity index (χ1) is 15.0. The number of carbonyl (C=O) groups is 2. The van der Waals surface area contributed by atoms with Crippen LogP contribution in [0.2, 0.25) is 0 Å². The molecule has 0 fully saturated rings. The van der Waals surface area contributed by atoms with Gasteiger partial charge in [-0.2, -0.15) is 0 Å². The quantitative estimate of drug-likeness (QED) is 0.788. The minimum atomic E-state index is -0.571. The number of hydrogen-bond donors (Lipinski definition) is 1. The number of Topliss-reactive ketones (excluding diaryl/α,β-unsaturated/α-hetero) is 1. The smallest absolute Gasteiger partial charge is 0.225 e. The highest BCUT2D eigenvalue weighted by atomic mass is 19.1. The van der Waals surface area contributed by atoms with E-state index in [1.807, 2.05) is 12.1 Å². The molecule has 0 unspecified atom stereocenters. The van der Waals surface area contributed by atoms with Gasteiger partial charge in [0, 0.05) is 30.0 Å². The third-order valence-electron chi connectivity index (χ3n) is 5.98. The number of benzene rings is 2. The first-order valence-corrected chi connectivity index (χ1v) is 10.1. The van der Waals surface area contributed by atoms with Gasteiger partial charge in [0.2, 0.25) is 11.7 Å². The van der Waals surface area contributed by atoms with Crippen LogP contribution in [0.15, 0.2) is 47.7 Å². The summed E-state index contributed by atoms with van der Waals surface area (Å²) in [6.07, 6.45) is 0.759. The molecule has 2 aromatic rings. The average molecular weight is 425 g/mol. The highest BCUT2D eigenvalue weighted by molar-refractivity contribution is 6.02. The van der Waals surface area contributed by atoms with E-state index in [0.717, 1.165) is 5.56 Å². The van der Waals surface area contributed by atoms with E-state index in [4.69, 9.17) is 14.2 Å². The molecule has 1 N–H and O–H groups in total. The molecule has 1 aliphatic heterocycles. The summed E-state index contributed by atoms with van der Waals surface area (Å²) in [6.45, 7) is 0. The summed E-state index contributed by atoms with van der Waals surface area (Å²) < 4.78 is 30.7. The largest absolute Gasteiger partial charge is 0.493 e. The Kier molecular flexibility index (Phi) is 5.67. The molecule has 0 radical (unpaired) electrons. The summed E-state index contributed by atoms with van der Waals surface area (Å²) in [4.78, 5) is 25.6. The molecular formula is C24H24FNO5. The second-order valence-corrected chi connectivity index (χ2v) is 7.71. The van der Waals surface area contributed by atoms with Gasteiger partial charge in [0.15, 0.2) is 17.3 Å². The van der Waals surface area contributed by atoms with Crippen LogP contribution in [0, 0.1) is 5.82 Å². The second kappa shape index (κ2) is 8.41. The van der Waals surface area contributed by atoms with Crippen molar-refractivity contribution in [2.24, 2.45) is 0 Å². The van der Waals surface area contributed by atoms with Gasteiger partial charge in [0.1, 0.15) is 5.82 Å². The Morgan fingerprint density at radius 1 is 0.935 bits per heavy atom. The highest BCUT2D eigenvalue weighted by Gasteiger charge is 2.39. The molecule has 6 nitrogen and oxygen atoms in total. The highest BCUT2D eigenvalue weighted by Crippen LogP contribution is 2.46. The third kappa shape index (κ3) is 3.76. The van der Waals surface area contributed by atoms with Crippen LogP contribution in [0.1, 0.15) is 42.2 Å². The van der Waals surface area contributed by atoms with Crippen LogP contribution in [-0.2, 0) is 9.59 Å². The number of ketones is 1. The van der Waals surface area contributed by atoms with Crippen LogP contribution in [0.25, 0.3) is 0 Å². The van der Waals surface area contributed by atoms with Crippen LogP contribution in [-0.4, -0.2) is 33.0 Å². The Hall–Kier alpha value is -3.35. The van der Waals surface area contributed by atoms with E-state index in [2.05, 4.69) is 5.32 Å². The number of hydrogen-bond acceptors (Lipinski definition) is 5. The Morgan fingerprint density at radius 2 is 1.61 bits per heavy atom. The predicted octanol–water partition coefficient (Wildman–Crippen LogP) is 3.86. The zero-order chi connectivity index (χ0) is 22.1. The molecule has 1 heterocycles. The van der Waals surface area contributed by atoms with Gasteiger partial charge in [-0.05, 0) is 41.7 Å². The second-order valence-electron chi connectivity index (χ2n) is 7.71. The predicted molar refractivity (Wildman–Crippen MR) is 112 cm³/mol. The van der Waals surface area contributed by atoms with Crippen molar-refractivity contribution >= 4 is 11.7 Å². The van der Waals surface area contributed by atoms with Gasteiger partial charge in [-0.1, -0.05) is 18.2 Å². The standard InChI is InChI=1S/C24H24FNO5/c1-29-20-10-14(11-21(30-2)24(20)31-3)13-8-18-23(19(27)9-13)16(12-22(28)26-18)15-6-4-5-7-17(15)25/h4-7,10-11,13,16H,8-9,12H2,1-3H3,(H,26,28)/t13-,16+/m1/s1. The Labute approximate surface area is 180 Å². The molecule has 4 rings (SSSR count). The summed E-state index contributed by atoms with van der Waals surface area (Å²) in [5, 5.41) is 2.86. The van der Waals surface area contributed by atoms with Crippen molar-refractivity contribution < 1.29 is 28.2 Å². The number of methoxy groups -OCH3 is 3. The number of nitrogens with one attached hydrogen (secondary N) is 1. The summed E-state index contributed by atoms with van der Waals surface area (Å²) in [7, 11) is 4.60. The lowest BCUT2D eigenvalue weighted by Gasteiger charge is -2.34. The van der Waals surface area contributed by atoms with E-state index in [1.54, 1.807) is 18.2 Å². The number of allylic oxidation sites excluding steroid dienone is 2. The van der Waals surface area contributed by atoms with Crippen LogP contribution in [0.3, 0.4) is 0 Å². The maximum absolute atomic E-state index is 14.5. The van der Waals surface area contributed by atoms with Gasteiger partial charge in [0.05, 0.1) is 21.3 Å². The third-order valence-corrected chi connectivity index (χ3v) is 5.98. The summed E-state index contributed by atoms with van der Waals surface area (Å²) >= 11 is 0. The maximum Gasteiger partial charge on any atom is 0.225 e. The molecule has 0 bridgehead atoms. The van der Waals surface area contributed by atoms with Gasteiger partial charge >= 0.3 is 0 Å². The Bertz CT molecular complexity index is 1050. The molecule has 0 spiro atoms. The minimum Gasteiger partial charge on any atom is -0.493 e. The SMILES string of the molecule is COc1cc([C@H]2CC(=O)C3=C(C2)NC(=O)C[C@H]3c2ccccc2F)cc(OC)c1OC. The summed E-state index contributed by atoms with van der Waals surface area (Å²) in [5.74, 6) is 0.00789. The van der Waals surface area contributed by atoms with Crippen LogP contribution in [0.5, 0.6) is 17.2 Å². The van der Waals surface area contributed by atoms with Crippen molar-refractivity contribution in [3.8, 4) is 17.2 Å². The van der Waals surface area contributed by atoms with Crippen molar-refractivity contribution in [3.63, 3.8) is 0 Å². The van der Waals surface area contributed by atoms with Crippen molar-refractivity contribution in [3.05, 3.63) is 64.6 Å². The number of ether oxygens (including phenoxy) is 3. The van der Waals surface area contributed by atoms with E-state index in [1.165, 1.54) is 27.4 Å². The molecule has 31 heavy (non-hydrogen) atoms. The molecule has 7 heteroatoms. The zero-order valence-electron chi connectivity index (χ0n) is 17.7. The van der Waals surface area contributed by atoms with E-state index in [9.17, 15) is 14.0 Å². The van der Waals surface area contributed by atoms with Gasteiger partial charge in [-0.15, -0.1) is 0 Å². The minimum absolute atomic E-state index is 0.0559. The molecule has 0 saturated carbocycles. The van der Waals surface area contributed by atoms with Gasteiger partial charge < -0.3 is 19.5 Å². The van der Waals surface area contributed by atoms with Crippen LogP contribution < -0.4 is 19.5 Å². The van der Waals surface area contributed by atoms with E-state index in [-0.39, 0.29) is 30.4 Å². The first kappa shape index (κ1) is 20.9. The van der Waals surface area contributed by atoms with Crippen LogP contribution in [0.4, 0.5) is 4.39 Å². The molecule has 2 atom stereocenters. The Balaban J connectivity index is 1.74. The molecule has 1 aliphatic carbocycles. The molecule has 2 aliphatic rings. The van der Waals surface area contributed by atoms with E-state index in [0.29, 0.717) is 40.5 Å². The monoisotopic (exact) mass is 425 g/mol. The molecule has 0 aromatic heterocycles. The van der Waals surface area contributed by atoms with Crippen molar-refractivity contribution in [1.82, 2.24) is 5.32 Å². The molecular weight excluding hydrogens is 401 g/mol. The lowest BCUT2D eigenvalue weighted by atomic mass is 9.73. The summed E-state index contributed by atoms with van der Waals surface area (Å²) in [5.41, 5.74) is 2.30. The molecule has 1 amide bonds. The fourth-order valence-electron chi connectivity index (χ4n) is 4.56. The topological polar surface area (TPSA) is 73.9 Å². The molecule has 2 aromatic carbocycles. The van der Waals surface area contributed by atoms with Gasteiger partial charge in [-0.3, -0.25) is 9.59 Å². The molecule has 162 valence electrons. The van der Waals surface area contributed by atoms with Crippen molar-refractivity contribution in [1.29, 1.82) is 0 Å². The van der Waals surface area contributed by atoms with Crippen molar-refractivity contribution in [2.45, 2.75) is 31.1 Å². The van der Waals surface area contributed by atoms with Crippen LogP contribution >= 0.6 is 0 Å². The van der Waals surface area contributed by atoms with Gasteiger partial charge in [0.25, 0.3) is 0 Å². The zero-order valence-corrected chi connectivity index (χ0v) is 17.7. The Morgan fingerprint density at radius 3 is 2.23 bits per heavy atom. The average Bonchev–Trinajstić information content (AvgIpc) is 2.77. The first-order valence-electron chi connectivity index (χ1n) is 10.1. The normalized spacial score (nSPS) is 20.8. The lowest BCUT2D eigenvalue weighted by Crippen LogP contribution is -2.38. The fraction of sp³-hybridized carbons (Fsp3) is 0.333. The number of halogens is 1. The van der Waals surface area contributed by atoms with E-state index >= 15 is 0 Å². The number of rotatable bonds is 5. The maximum atomic E-state index is 14.5. The summed E-state index contributed by atoms with van der Waals surface area (Å²) in [6, 6.07) is 9.96.